The minimum absolute atomic E-state index is 0.229. The van der Waals surface area contributed by atoms with Crippen molar-refractivity contribution in [2.75, 3.05) is 30.0 Å². The van der Waals surface area contributed by atoms with Crippen molar-refractivity contribution in [3.05, 3.63) is 42.7 Å². The largest absolute Gasteiger partial charge is 0.324 e. The van der Waals surface area contributed by atoms with Gasteiger partial charge in [-0.25, -0.2) is 17.9 Å². The minimum Gasteiger partial charge on any atom is -0.324 e. The van der Waals surface area contributed by atoms with E-state index >= 15 is 0 Å². The third-order valence-corrected chi connectivity index (χ3v) is 5.53. The molecule has 3 rings (SSSR count). The molecule has 1 aliphatic rings. The van der Waals surface area contributed by atoms with Crippen LogP contribution in [0.4, 0.5) is 16.2 Å². The number of rotatable bonds is 6. The number of aromatic nitrogens is 2. The molecule has 1 aromatic carbocycles. The molecule has 1 aliphatic heterocycles. The van der Waals surface area contributed by atoms with Gasteiger partial charge in [-0.05, 0) is 44.0 Å². The van der Waals surface area contributed by atoms with E-state index in [9.17, 15) is 18.0 Å². The Kier molecular flexibility index (Phi) is 6.73. The van der Waals surface area contributed by atoms with Gasteiger partial charge in [0.1, 0.15) is 6.04 Å². The van der Waals surface area contributed by atoms with Crippen LogP contribution >= 0.6 is 0 Å². The van der Waals surface area contributed by atoms with Crippen molar-refractivity contribution in [2.45, 2.75) is 31.8 Å². The van der Waals surface area contributed by atoms with Crippen molar-refractivity contribution in [1.29, 1.82) is 0 Å². The van der Waals surface area contributed by atoms with E-state index in [1.54, 1.807) is 59.2 Å². The fraction of sp³-hybridized carbons (Fsp3) is 0.421. The van der Waals surface area contributed by atoms with Crippen molar-refractivity contribution in [3.8, 4) is 0 Å². The third kappa shape index (κ3) is 6.04. The number of benzene rings is 1. The molecular formula is C19H26N6O4S. The number of sulfonamides is 1. The predicted octanol–water partition coefficient (Wildman–Crippen LogP) is 1.63. The first kappa shape index (κ1) is 21.8. The molecule has 1 saturated heterocycles. The summed E-state index contributed by atoms with van der Waals surface area (Å²) in [5, 5.41) is 9.69. The molecule has 0 aliphatic carbocycles. The first-order valence-corrected chi connectivity index (χ1v) is 11.5. The summed E-state index contributed by atoms with van der Waals surface area (Å²) >= 11 is 0. The maximum Gasteiger partial charge on any atom is 0.321 e. The van der Waals surface area contributed by atoms with Crippen molar-refractivity contribution >= 4 is 33.3 Å². The molecule has 2 atom stereocenters. The molecule has 162 valence electrons. The van der Waals surface area contributed by atoms with Crippen LogP contribution in [0.3, 0.4) is 0 Å². The lowest BCUT2D eigenvalue weighted by Crippen LogP contribution is -2.50. The van der Waals surface area contributed by atoms with E-state index in [1.807, 2.05) is 0 Å². The van der Waals surface area contributed by atoms with E-state index in [4.69, 9.17) is 0 Å². The number of likely N-dealkylation sites (tertiary alicyclic amines) is 1. The normalized spacial score (nSPS) is 17.9. The van der Waals surface area contributed by atoms with Crippen LogP contribution in [-0.2, 0) is 14.8 Å². The van der Waals surface area contributed by atoms with Gasteiger partial charge in [0.05, 0.1) is 6.26 Å². The van der Waals surface area contributed by atoms with Crippen molar-refractivity contribution in [3.63, 3.8) is 0 Å². The van der Waals surface area contributed by atoms with Crippen LogP contribution in [0.25, 0.3) is 0 Å². The molecule has 2 heterocycles. The lowest BCUT2D eigenvalue weighted by atomic mass is 10.1. The number of amides is 3. The molecule has 3 amide bonds. The second-order valence-corrected chi connectivity index (χ2v) is 9.12. The number of hydrogen-bond donors (Lipinski definition) is 3. The Labute approximate surface area is 175 Å². The molecule has 0 spiro atoms. The summed E-state index contributed by atoms with van der Waals surface area (Å²) in [7, 11) is -3.33. The Bertz CT molecular complexity index is 992. The number of hydrogen-bond acceptors (Lipinski definition) is 5. The summed E-state index contributed by atoms with van der Waals surface area (Å²) in [6.45, 7) is 2.59. The van der Waals surface area contributed by atoms with E-state index in [1.165, 1.54) is 0 Å². The molecular weight excluding hydrogens is 408 g/mol. The van der Waals surface area contributed by atoms with Crippen molar-refractivity contribution in [2.24, 2.45) is 0 Å². The van der Waals surface area contributed by atoms with E-state index in [0.717, 1.165) is 6.26 Å². The summed E-state index contributed by atoms with van der Waals surface area (Å²) < 4.78 is 27.0. The molecule has 1 aromatic heterocycles. The average molecular weight is 435 g/mol. The zero-order valence-electron chi connectivity index (χ0n) is 16.9. The van der Waals surface area contributed by atoms with Gasteiger partial charge in [-0.1, -0.05) is 6.07 Å². The highest BCUT2D eigenvalue weighted by Gasteiger charge is 2.25. The zero-order chi connectivity index (χ0) is 21.7. The van der Waals surface area contributed by atoms with Crippen LogP contribution in [0.5, 0.6) is 0 Å². The molecule has 3 N–H and O–H groups in total. The molecule has 10 nitrogen and oxygen atoms in total. The van der Waals surface area contributed by atoms with Gasteiger partial charge in [-0.3, -0.25) is 9.48 Å². The molecule has 0 radical (unpaired) electrons. The van der Waals surface area contributed by atoms with Gasteiger partial charge in [0.2, 0.25) is 15.9 Å². The summed E-state index contributed by atoms with van der Waals surface area (Å²) in [6, 6.07) is 7.51. The second-order valence-electron chi connectivity index (χ2n) is 7.34. The zero-order valence-corrected chi connectivity index (χ0v) is 17.7. The molecule has 11 heteroatoms. The third-order valence-electron chi connectivity index (χ3n) is 4.77. The summed E-state index contributed by atoms with van der Waals surface area (Å²) in [4.78, 5) is 26.6. The lowest BCUT2D eigenvalue weighted by Gasteiger charge is -2.32. The smallest absolute Gasteiger partial charge is 0.321 e. The Morgan fingerprint density at radius 3 is 2.60 bits per heavy atom. The van der Waals surface area contributed by atoms with Crippen LogP contribution in [0.2, 0.25) is 0 Å². The Morgan fingerprint density at radius 2 is 1.93 bits per heavy atom. The highest BCUT2D eigenvalue weighted by Crippen LogP contribution is 2.18. The standard InChI is InChI=1S/C19H26N6O4S/c1-14(25-11-5-9-20-25)18(26)21-15-6-3-7-16(12-15)22-19(27)24-10-4-8-17(13-24)23-30(2,28)29/h3,5-7,9,11-12,14,17,23H,4,8,10,13H2,1-2H3,(H,21,26)(H,22,27). The van der Waals surface area contributed by atoms with Crippen LogP contribution in [-0.4, -0.2) is 60.4 Å². The average Bonchev–Trinajstić information content (AvgIpc) is 3.21. The number of anilines is 2. The van der Waals surface area contributed by atoms with E-state index < -0.39 is 16.1 Å². The molecule has 30 heavy (non-hydrogen) atoms. The van der Waals surface area contributed by atoms with Gasteiger partial charge in [0.15, 0.2) is 0 Å². The maximum atomic E-state index is 12.6. The van der Waals surface area contributed by atoms with Gasteiger partial charge < -0.3 is 15.5 Å². The van der Waals surface area contributed by atoms with Gasteiger partial charge >= 0.3 is 6.03 Å². The van der Waals surface area contributed by atoms with Gasteiger partial charge in [0, 0.05) is 42.9 Å². The number of carbonyl (C=O) groups excluding carboxylic acids is 2. The fourth-order valence-electron chi connectivity index (χ4n) is 3.31. The van der Waals surface area contributed by atoms with Crippen LogP contribution in [0.15, 0.2) is 42.7 Å². The fourth-order valence-corrected chi connectivity index (χ4v) is 4.11. The highest BCUT2D eigenvalue weighted by atomic mass is 32.2. The van der Waals surface area contributed by atoms with Crippen molar-refractivity contribution < 1.29 is 18.0 Å². The highest BCUT2D eigenvalue weighted by molar-refractivity contribution is 7.88. The molecule has 2 aromatic rings. The quantitative estimate of drug-likeness (QED) is 0.637. The number of urea groups is 1. The molecule has 0 saturated carbocycles. The molecule has 2 unspecified atom stereocenters. The van der Waals surface area contributed by atoms with Gasteiger partial charge in [-0.2, -0.15) is 5.10 Å². The van der Waals surface area contributed by atoms with Gasteiger partial charge in [0.25, 0.3) is 0 Å². The monoisotopic (exact) mass is 434 g/mol. The second kappa shape index (κ2) is 9.26. The number of piperidine rings is 1. The SMILES string of the molecule is CC(C(=O)Nc1cccc(NC(=O)N2CCCC(NS(C)(=O)=O)C2)c1)n1cccn1. The molecule has 0 bridgehead atoms. The van der Waals surface area contributed by atoms with E-state index in [2.05, 4.69) is 20.5 Å². The van der Waals surface area contributed by atoms with E-state index in [0.29, 0.717) is 37.3 Å². The number of nitrogens with one attached hydrogen (secondary N) is 3. The summed E-state index contributed by atoms with van der Waals surface area (Å²) in [6.07, 6.45) is 5.83. The van der Waals surface area contributed by atoms with E-state index in [-0.39, 0.29) is 18.0 Å². The first-order valence-electron chi connectivity index (χ1n) is 9.64. The maximum absolute atomic E-state index is 12.6. The van der Waals surface area contributed by atoms with Crippen LogP contribution in [0.1, 0.15) is 25.8 Å². The van der Waals surface area contributed by atoms with Crippen LogP contribution < -0.4 is 15.4 Å². The topological polar surface area (TPSA) is 125 Å². The molecule has 1 fully saturated rings. The first-order chi connectivity index (χ1) is 14.2. The number of carbonyl (C=O) groups is 2. The minimum atomic E-state index is -3.33. The van der Waals surface area contributed by atoms with Crippen molar-refractivity contribution in [1.82, 2.24) is 19.4 Å². The Hall–Kier alpha value is -2.92. The summed E-state index contributed by atoms with van der Waals surface area (Å²) in [5.41, 5.74) is 1.08. The lowest BCUT2D eigenvalue weighted by molar-refractivity contribution is -0.119. The van der Waals surface area contributed by atoms with Crippen LogP contribution in [0, 0.1) is 0 Å². The summed E-state index contributed by atoms with van der Waals surface area (Å²) in [5.74, 6) is -0.229. The van der Waals surface area contributed by atoms with Gasteiger partial charge in [-0.15, -0.1) is 0 Å². The Balaban J connectivity index is 1.59. The number of nitrogens with zero attached hydrogens (tertiary/aromatic N) is 3. The Morgan fingerprint density at radius 1 is 1.20 bits per heavy atom. The predicted molar refractivity (Wildman–Crippen MR) is 114 cm³/mol.